The van der Waals surface area contributed by atoms with E-state index in [9.17, 15) is 31.1 Å². The van der Waals surface area contributed by atoms with Gasteiger partial charge < -0.3 is 4.74 Å². The molecule has 0 radical (unpaired) electrons. The van der Waals surface area contributed by atoms with Gasteiger partial charge in [0, 0.05) is 6.54 Å². The molecule has 4 nitrogen and oxygen atoms in total. The first-order valence-electron chi connectivity index (χ1n) is 8.69. The summed E-state index contributed by atoms with van der Waals surface area (Å²) in [6, 6.07) is -1.19. The molecule has 3 rings (SSSR count). The molecule has 0 bridgehead atoms. The predicted molar refractivity (Wildman–Crippen MR) is 82.0 cm³/mol. The molecule has 1 amide bonds. The van der Waals surface area contributed by atoms with Gasteiger partial charge in [0.2, 0.25) is 0 Å². The fraction of sp³-hybridized carbons (Fsp3) is 0.647. The van der Waals surface area contributed by atoms with Crippen LogP contribution in [0.4, 0.5) is 31.1 Å². The molecule has 2 heterocycles. The lowest BCUT2D eigenvalue weighted by Gasteiger charge is -2.28. The zero-order valence-corrected chi connectivity index (χ0v) is 14.5. The van der Waals surface area contributed by atoms with Crippen molar-refractivity contribution in [3.05, 3.63) is 28.1 Å². The molecule has 1 fully saturated rings. The minimum absolute atomic E-state index is 0.0135. The van der Waals surface area contributed by atoms with Gasteiger partial charge in [-0.2, -0.15) is 26.3 Å². The first-order valence-corrected chi connectivity index (χ1v) is 8.69. The highest BCUT2D eigenvalue weighted by Crippen LogP contribution is 2.47. The number of hydrogen-bond donors (Lipinski definition) is 0. The smallest absolute Gasteiger partial charge is 0.433 e. The second-order valence-electron chi connectivity index (χ2n) is 6.58. The number of alkyl halides is 6. The molecule has 0 saturated carbocycles. The number of halogens is 6. The summed E-state index contributed by atoms with van der Waals surface area (Å²) in [6.45, 7) is 1.67. The average molecular weight is 396 g/mol. The van der Waals surface area contributed by atoms with E-state index in [0.29, 0.717) is 6.42 Å². The molecular formula is C17H18F6N2O2. The summed E-state index contributed by atoms with van der Waals surface area (Å²) >= 11 is 0. The molecule has 1 aliphatic heterocycles. The van der Waals surface area contributed by atoms with Crippen LogP contribution in [0, 0.1) is 0 Å². The van der Waals surface area contributed by atoms with Crippen LogP contribution in [-0.4, -0.2) is 29.1 Å². The molecule has 1 aromatic rings. The minimum atomic E-state index is -4.86. The maximum absolute atomic E-state index is 13.8. The van der Waals surface area contributed by atoms with E-state index in [1.54, 1.807) is 6.92 Å². The van der Waals surface area contributed by atoms with Gasteiger partial charge in [0.25, 0.3) is 0 Å². The van der Waals surface area contributed by atoms with Crippen LogP contribution in [0.25, 0.3) is 0 Å². The Bertz CT molecular complexity index is 744. The van der Waals surface area contributed by atoms with Crippen LogP contribution in [0.5, 0.6) is 0 Å². The molecule has 10 heteroatoms. The van der Waals surface area contributed by atoms with Gasteiger partial charge in [-0.1, -0.05) is 0 Å². The molecule has 1 saturated heterocycles. The van der Waals surface area contributed by atoms with Crippen molar-refractivity contribution in [2.45, 2.75) is 57.4 Å². The monoisotopic (exact) mass is 396 g/mol. The summed E-state index contributed by atoms with van der Waals surface area (Å²) in [4.78, 5) is 16.6. The van der Waals surface area contributed by atoms with E-state index in [-0.39, 0.29) is 50.0 Å². The number of ether oxygens (including phenoxy) is 1. The normalized spacial score (nSPS) is 20.1. The van der Waals surface area contributed by atoms with Gasteiger partial charge in [-0.25, -0.2) is 9.78 Å². The van der Waals surface area contributed by atoms with Crippen LogP contribution in [0.1, 0.15) is 60.3 Å². The van der Waals surface area contributed by atoms with Crippen molar-refractivity contribution >= 4 is 6.09 Å². The Morgan fingerprint density at radius 1 is 1.11 bits per heavy atom. The van der Waals surface area contributed by atoms with E-state index in [1.165, 1.54) is 0 Å². The Kier molecular flexibility index (Phi) is 5.02. The number of carbonyl (C=O) groups excluding carboxylic acids is 1. The van der Waals surface area contributed by atoms with E-state index < -0.39 is 41.4 Å². The highest BCUT2D eigenvalue weighted by molar-refractivity contribution is 5.69. The Hall–Kier alpha value is -2.00. The number of pyridine rings is 1. The largest absolute Gasteiger partial charge is 0.450 e. The first-order chi connectivity index (χ1) is 12.6. The molecule has 1 aromatic heterocycles. The van der Waals surface area contributed by atoms with Crippen molar-refractivity contribution in [3.63, 3.8) is 0 Å². The lowest BCUT2D eigenvalue weighted by molar-refractivity contribution is -0.146. The standard InChI is InChI=1S/C17H18F6N2O2/c1-2-27-15(26)25-8-4-7-11(25)13-12(16(18,19)20)9-5-3-6-10(9)14(24-13)17(21,22)23/h11H,2-8H2,1H3/t11-/m0/s1. The van der Waals surface area contributed by atoms with E-state index in [0.717, 1.165) is 4.90 Å². The average Bonchev–Trinajstić information content (AvgIpc) is 3.20. The Morgan fingerprint density at radius 3 is 2.37 bits per heavy atom. The van der Waals surface area contributed by atoms with E-state index >= 15 is 0 Å². The van der Waals surface area contributed by atoms with E-state index in [4.69, 9.17) is 4.74 Å². The Morgan fingerprint density at radius 2 is 1.78 bits per heavy atom. The molecule has 0 unspecified atom stereocenters. The predicted octanol–water partition coefficient (Wildman–Crippen LogP) is 4.90. The van der Waals surface area contributed by atoms with E-state index in [2.05, 4.69) is 4.98 Å². The van der Waals surface area contributed by atoms with Crippen molar-refractivity contribution in [1.29, 1.82) is 0 Å². The molecule has 2 aliphatic rings. The molecule has 0 aromatic carbocycles. The molecular weight excluding hydrogens is 378 g/mol. The fourth-order valence-electron chi connectivity index (χ4n) is 3.95. The number of rotatable bonds is 2. The molecule has 27 heavy (non-hydrogen) atoms. The number of amides is 1. The van der Waals surface area contributed by atoms with Crippen LogP contribution >= 0.6 is 0 Å². The SMILES string of the molecule is CCOC(=O)N1CCC[C@H]1c1nc(C(F)(F)F)c2c(c1C(F)(F)F)CCC2. The zero-order valence-electron chi connectivity index (χ0n) is 14.5. The third-order valence-electron chi connectivity index (χ3n) is 4.92. The summed E-state index contributed by atoms with van der Waals surface area (Å²) in [7, 11) is 0. The van der Waals surface area contributed by atoms with Gasteiger partial charge in [0.1, 0.15) is 5.69 Å². The summed E-state index contributed by atoms with van der Waals surface area (Å²) in [6.07, 6.45) is -10.1. The molecule has 1 aliphatic carbocycles. The van der Waals surface area contributed by atoms with Crippen molar-refractivity contribution in [2.75, 3.05) is 13.2 Å². The maximum Gasteiger partial charge on any atom is 0.433 e. The number of carbonyl (C=O) groups is 1. The van der Waals surface area contributed by atoms with Crippen LogP contribution in [0.15, 0.2) is 0 Å². The first kappa shape index (κ1) is 19.8. The van der Waals surface area contributed by atoms with Crippen molar-refractivity contribution in [1.82, 2.24) is 9.88 Å². The van der Waals surface area contributed by atoms with Crippen molar-refractivity contribution in [2.24, 2.45) is 0 Å². The fourth-order valence-corrected chi connectivity index (χ4v) is 3.95. The van der Waals surface area contributed by atoms with Crippen LogP contribution in [0.2, 0.25) is 0 Å². The van der Waals surface area contributed by atoms with Crippen molar-refractivity contribution in [3.8, 4) is 0 Å². The topological polar surface area (TPSA) is 42.4 Å². The summed E-state index contributed by atoms with van der Waals surface area (Å²) < 4.78 is 86.7. The highest BCUT2D eigenvalue weighted by Gasteiger charge is 2.47. The molecule has 0 spiro atoms. The molecule has 0 N–H and O–H groups in total. The minimum Gasteiger partial charge on any atom is -0.450 e. The molecule has 150 valence electrons. The number of nitrogens with zero attached hydrogens (tertiary/aromatic N) is 2. The third kappa shape index (κ3) is 3.58. The van der Waals surface area contributed by atoms with Crippen LogP contribution < -0.4 is 0 Å². The van der Waals surface area contributed by atoms with Gasteiger partial charge in [-0.3, -0.25) is 4.90 Å². The Balaban J connectivity index is 2.20. The lowest BCUT2D eigenvalue weighted by Crippen LogP contribution is -2.34. The second kappa shape index (κ2) is 6.87. The van der Waals surface area contributed by atoms with E-state index in [1.807, 2.05) is 0 Å². The summed E-state index contributed by atoms with van der Waals surface area (Å²) in [5.41, 5.74) is -3.83. The Labute approximate surface area is 151 Å². The highest BCUT2D eigenvalue weighted by atomic mass is 19.4. The number of likely N-dealkylation sites (tertiary alicyclic amines) is 1. The van der Waals surface area contributed by atoms with Gasteiger partial charge in [0.05, 0.1) is 23.9 Å². The van der Waals surface area contributed by atoms with Gasteiger partial charge >= 0.3 is 18.4 Å². The summed E-state index contributed by atoms with van der Waals surface area (Å²) in [5, 5.41) is 0. The maximum atomic E-state index is 13.8. The van der Waals surface area contributed by atoms with Gasteiger partial charge in [-0.05, 0) is 50.2 Å². The molecule has 1 atom stereocenters. The number of aromatic nitrogens is 1. The van der Waals surface area contributed by atoms with Gasteiger partial charge in [0.15, 0.2) is 0 Å². The zero-order chi connectivity index (χ0) is 20.0. The third-order valence-corrected chi connectivity index (χ3v) is 4.92. The number of hydrogen-bond acceptors (Lipinski definition) is 3. The quantitative estimate of drug-likeness (QED) is 0.668. The summed E-state index contributed by atoms with van der Waals surface area (Å²) in [5.74, 6) is 0. The van der Waals surface area contributed by atoms with Gasteiger partial charge in [-0.15, -0.1) is 0 Å². The lowest BCUT2D eigenvalue weighted by atomic mass is 9.95. The second-order valence-corrected chi connectivity index (χ2v) is 6.58. The van der Waals surface area contributed by atoms with Crippen LogP contribution in [-0.2, 0) is 29.9 Å². The van der Waals surface area contributed by atoms with Crippen molar-refractivity contribution < 1.29 is 35.9 Å². The number of fused-ring (bicyclic) bond motifs is 1. The van der Waals surface area contributed by atoms with Crippen LogP contribution in [0.3, 0.4) is 0 Å².